The summed E-state index contributed by atoms with van der Waals surface area (Å²) in [7, 11) is 0. The number of carbonyl (C=O) groups excluding carboxylic acids is 2. The van der Waals surface area contributed by atoms with Crippen molar-refractivity contribution in [2.45, 2.75) is 75.0 Å². The summed E-state index contributed by atoms with van der Waals surface area (Å²) >= 11 is 0. The van der Waals surface area contributed by atoms with Gasteiger partial charge in [-0.15, -0.1) is 0 Å². The Morgan fingerprint density at radius 3 is 1.31 bits per heavy atom. The van der Waals surface area contributed by atoms with Crippen molar-refractivity contribution in [2.75, 3.05) is 0 Å². The van der Waals surface area contributed by atoms with Gasteiger partial charge in [0, 0.05) is 12.8 Å². The highest BCUT2D eigenvalue weighted by Gasteiger charge is 2.42. The molecule has 250 valence electrons. The molecule has 4 aromatic carbocycles. The van der Waals surface area contributed by atoms with Gasteiger partial charge in [0.2, 0.25) is 11.8 Å². The molecule has 0 spiro atoms. The fourth-order valence-electron chi connectivity index (χ4n) is 7.34. The zero-order chi connectivity index (χ0) is 33.6. The van der Waals surface area contributed by atoms with Gasteiger partial charge in [0.1, 0.15) is 0 Å². The van der Waals surface area contributed by atoms with Crippen molar-refractivity contribution in [1.29, 1.82) is 0 Å². The van der Waals surface area contributed by atoms with Gasteiger partial charge in [0.05, 0.1) is 48.3 Å². The van der Waals surface area contributed by atoms with Crippen LogP contribution < -0.4 is 10.6 Å². The Balaban J connectivity index is 1.25. The molecule has 2 amide bonds. The number of carbonyl (C=O) groups is 2. The van der Waals surface area contributed by atoms with E-state index in [1.807, 2.05) is 109 Å². The van der Waals surface area contributed by atoms with Crippen molar-refractivity contribution in [3.05, 3.63) is 143 Å². The van der Waals surface area contributed by atoms with Gasteiger partial charge in [-0.2, -0.15) is 0 Å². The lowest BCUT2D eigenvalue weighted by Crippen LogP contribution is -2.51. The Morgan fingerprint density at radius 1 is 0.562 bits per heavy atom. The number of rotatable bonds is 13. The van der Waals surface area contributed by atoms with Crippen LogP contribution in [0.1, 0.15) is 58.3 Å². The predicted molar refractivity (Wildman–Crippen MR) is 183 cm³/mol. The quantitative estimate of drug-likeness (QED) is 0.131. The molecule has 0 saturated heterocycles. The zero-order valence-corrected chi connectivity index (χ0v) is 26.9. The minimum Gasteiger partial charge on any atom is -0.390 e. The van der Waals surface area contributed by atoms with Gasteiger partial charge >= 0.3 is 0 Å². The summed E-state index contributed by atoms with van der Waals surface area (Å²) in [6.07, 6.45) is -2.69. The SMILES string of the molecule is O=C(N[C@H]1c2ccccc2C[C@H]1O)[C@H](CCc1ccccc1)[C@H](O)[C@H](O)[C@@H](CCc1ccccc1)C(=O)N[C@H]1c2ccccc2C[C@H]1O. The Labute approximate surface area is 281 Å². The molecular formula is C40H44N2O6. The van der Waals surface area contributed by atoms with E-state index in [2.05, 4.69) is 10.6 Å². The topological polar surface area (TPSA) is 139 Å². The third-order valence-electron chi connectivity index (χ3n) is 10.0. The highest BCUT2D eigenvalue weighted by atomic mass is 16.3. The van der Waals surface area contributed by atoms with Crippen molar-refractivity contribution < 1.29 is 30.0 Å². The Morgan fingerprint density at radius 2 is 0.917 bits per heavy atom. The number of aliphatic hydroxyl groups is 4. The highest BCUT2D eigenvalue weighted by molar-refractivity contribution is 5.82. The van der Waals surface area contributed by atoms with Gasteiger partial charge in [-0.1, -0.05) is 109 Å². The molecule has 0 bridgehead atoms. The van der Waals surface area contributed by atoms with Gasteiger partial charge in [-0.25, -0.2) is 0 Å². The molecule has 0 unspecified atom stereocenters. The number of aryl methyl sites for hydroxylation is 2. The summed E-state index contributed by atoms with van der Waals surface area (Å²) in [6.45, 7) is 0. The number of benzene rings is 4. The summed E-state index contributed by atoms with van der Waals surface area (Å²) in [6, 6.07) is 33.0. The second kappa shape index (κ2) is 15.3. The maximum Gasteiger partial charge on any atom is 0.226 e. The molecule has 6 rings (SSSR count). The minimum absolute atomic E-state index is 0.209. The van der Waals surface area contributed by atoms with E-state index in [4.69, 9.17) is 0 Å². The van der Waals surface area contributed by atoms with Crippen LogP contribution in [0.2, 0.25) is 0 Å². The van der Waals surface area contributed by atoms with Crippen LogP contribution in [0.4, 0.5) is 0 Å². The molecule has 0 aromatic heterocycles. The normalized spacial score (nSPS) is 22.2. The lowest BCUT2D eigenvalue weighted by Gasteiger charge is -2.33. The third kappa shape index (κ3) is 7.53. The van der Waals surface area contributed by atoms with Crippen LogP contribution in [0.5, 0.6) is 0 Å². The maximum absolute atomic E-state index is 14.0. The van der Waals surface area contributed by atoms with E-state index in [9.17, 15) is 30.0 Å². The molecule has 8 nitrogen and oxygen atoms in total. The molecule has 2 aliphatic carbocycles. The molecular weight excluding hydrogens is 604 g/mol. The molecule has 48 heavy (non-hydrogen) atoms. The van der Waals surface area contributed by atoms with Gasteiger partial charge in [0.15, 0.2) is 0 Å². The molecule has 2 aliphatic rings. The van der Waals surface area contributed by atoms with Crippen molar-refractivity contribution in [1.82, 2.24) is 10.6 Å². The largest absolute Gasteiger partial charge is 0.390 e. The van der Waals surface area contributed by atoms with Crippen LogP contribution in [-0.2, 0) is 35.3 Å². The van der Waals surface area contributed by atoms with E-state index < -0.39 is 60.1 Å². The molecule has 8 atom stereocenters. The first-order valence-corrected chi connectivity index (χ1v) is 16.9. The first-order valence-electron chi connectivity index (χ1n) is 16.9. The van der Waals surface area contributed by atoms with Crippen molar-refractivity contribution in [2.24, 2.45) is 11.8 Å². The molecule has 6 N–H and O–H groups in total. The summed E-state index contributed by atoms with van der Waals surface area (Å²) in [5, 5.41) is 51.3. The zero-order valence-electron chi connectivity index (χ0n) is 26.9. The standard InChI is InChI=1S/C40H44N2O6/c43-33-23-27-15-7-9-17-29(27)35(33)41-39(47)31(21-19-25-11-3-1-4-12-25)37(45)38(46)32(22-20-26-13-5-2-6-14-26)40(48)42-36-30-18-10-8-16-28(30)24-34(36)44/h1-18,31-38,43-46H,19-24H2,(H,41,47)(H,42,48)/t31-,32-,33-,34-,35+,36+,37-,38+/m1/s1. The van der Waals surface area contributed by atoms with Crippen LogP contribution in [0.3, 0.4) is 0 Å². The Bertz CT molecular complexity index is 1560. The molecule has 8 heteroatoms. The van der Waals surface area contributed by atoms with Gasteiger partial charge in [0.25, 0.3) is 0 Å². The van der Waals surface area contributed by atoms with Crippen molar-refractivity contribution >= 4 is 11.8 Å². The predicted octanol–water partition coefficient (Wildman–Crippen LogP) is 3.76. The number of hydrogen-bond donors (Lipinski definition) is 6. The summed E-state index contributed by atoms with van der Waals surface area (Å²) < 4.78 is 0. The number of amides is 2. The molecule has 0 heterocycles. The average molecular weight is 649 g/mol. The van der Waals surface area contributed by atoms with Crippen molar-refractivity contribution in [3.8, 4) is 0 Å². The number of fused-ring (bicyclic) bond motifs is 2. The van der Waals surface area contributed by atoms with Crippen LogP contribution in [0.25, 0.3) is 0 Å². The molecule has 0 saturated carbocycles. The fourth-order valence-corrected chi connectivity index (χ4v) is 7.34. The van der Waals surface area contributed by atoms with E-state index in [0.29, 0.717) is 25.7 Å². The first kappa shape index (κ1) is 33.6. The Kier molecular flexibility index (Phi) is 10.7. The van der Waals surface area contributed by atoms with Gasteiger partial charge < -0.3 is 31.1 Å². The van der Waals surface area contributed by atoms with Crippen LogP contribution in [0.15, 0.2) is 109 Å². The van der Waals surface area contributed by atoms with E-state index in [1.165, 1.54) is 0 Å². The molecule has 0 radical (unpaired) electrons. The molecule has 0 aliphatic heterocycles. The van der Waals surface area contributed by atoms with Crippen LogP contribution in [0, 0.1) is 11.8 Å². The summed E-state index contributed by atoms with van der Waals surface area (Å²) in [5.74, 6) is -3.16. The monoisotopic (exact) mass is 648 g/mol. The summed E-state index contributed by atoms with van der Waals surface area (Å²) in [4.78, 5) is 28.1. The number of nitrogens with one attached hydrogen (secondary N) is 2. The third-order valence-corrected chi connectivity index (χ3v) is 10.0. The Hall–Kier alpha value is -4.34. The lowest BCUT2D eigenvalue weighted by molar-refractivity contribution is -0.143. The van der Waals surface area contributed by atoms with E-state index in [1.54, 1.807) is 0 Å². The average Bonchev–Trinajstić information content (AvgIpc) is 3.59. The van der Waals surface area contributed by atoms with Crippen LogP contribution >= 0.6 is 0 Å². The smallest absolute Gasteiger partial charge is 0.226 e. The van der Waals surface area contributed by atoms with E-state index in [-0.39, 0.29) is 12.8 Å². The van der Waals surface area contributed by atoms with E-state index in [0.717, 1.165) is 33.4 Å². The second-order valence-electron chi connectivity index (χ2n) is 13.2. The summed E-state index contributed by atoms with van der Waals surface area (Å²) in [5.41, 5.74) is 5.48. The number of hydrogen-bond acceptors (Lipinski definition) is 6. The minimum atomic E-state index is -1.59. The molecule has 4 aromatic rings. The highest BCUT2D eigenvalue weighted by Crippen LogP contribution is 2.34. The van der Waals surface area contributed by atoms with E-state index >= 15 is 0 Å². The first-order chi connectivity index (χ1) is 23.3. The van der Waals surface area contributed by atoms with Gasteiger partial charge in [-0.3, -0.25) is 9.59 Å². The fraction of sp³-hybridized carbons (Fsp3) is 0.350. The molecule has 0 fully saturated rings. The second-order valence-corrected chi connectivity index (χ2v) is 13.2. The maximum atomic E-state index is 14.0. The van der Waals surface area contributed by atoms with Gasteiger partial charge in [-0.05, 0) is 59.1 Å². The van der Waals surface area contributed by atoms with Crippen molar-refractivity contribution in [3.63, 3.8) is 0 Å². The lowest BCUT2D eigenvalue weighted by atomic mass is 9.82. The number of aliphatic hydroxyl groups excluding tert-OH is 4. The van der Waals surface area contributed by atoms with Crippen LogP contribution in [-0.4, -0.2) is 56.7 Å².